The fraction of sp³-hybridized carbons (Fsp3) is 0.0769. The van der Waals surface area contributed by atoms with E-state index in [4.69, 9.17) is 0 Å². The molecule has 0 saturated carbocycles. The summed E-state index contributed by atoms with van der Waals surface area (Å²) in [5.74, 6) is 0. The number of nitrogens with zero attached hydrogens (tertiary/aromatic N) is 3. The van der Waals surface area contributed by atoms with Crippen molar-refractivity contribution in [2.75, 3.05) is 17.5 Å². The standard InChI is InChI=1S/C7H9N3.C6H5N3.Na/c1-10-7-5-3-2-4-6(7)8-9-10;1-2-4-6-5(3-1)7-9-8-6;/h2-5,8-9H,1H3;1-4H,(H,7,8,9);. The average Bonchev–Trinajstić information content (AvgIpc) is 3.07. The van der Waals surface area contributed by atoms with Gasteiger partial charge in [-0.05, 0) is 24.3 Å². The van der Waals surface area contributed by atoms with Gasteiger partial charge in [-0.15, -0.1) is 5.53 Å². The smallest absolute Gasteiger partial charge is 0.112 e. The molecule has 97 valence electrons. The number of fused-ring (bicyclic) bond motifs is 2. The van der Waals surface area contributed by atoms with Gasteiger partial charge in [-0.3, -0.25) is 5.01 Å². The molecular weight excluding hydrogens is 263 g/mol. The predicted octanol–water partition coefficient (Wildman–Crippen LogP) is 1.54. The largest absolute Gasteiger partial charge is 0.302 e. The van der Waals surface area contributed by atoms with Gasteiger partial charge in [-0.1, -0.05) is 24.3 Å². The molecule has 20 heavy (non-hydrogen) atoms. The molecule has 0 atom stereocenters. The molecule has 6 nitrogen and oxygen atoms in total. The normalized spacial score (nSPS) is 11.9. The van der Waals surface area contributed by atoms with E-state index in [2.05, 4.69) is 32.4 Å². The number of H-pyrrole nitrogens is 1. The molecule has 0 amide bonds. The first kappa shape index (κ1) is 14.8. The van der Waals surface area contributed by atoms with Crippen molar-refractivity contribution >= 4 is 52.0 Å². The number of nitrogens with one attached hydrogen (secondary N) is 3. The fourth-order valence-electron chi connectivity index (χ4n) is 1.86. The Bertz CT molecular complexity index is 653. The van der Waals surface area contributed by atoms with Gasteiger partial charge in [0.25, 0.3) is 0 Å². The third-order valence-corrected chi connectivity index (χ3v) is 2.85. The first-order valence-electron chi connectivity index (χ1n) is 5.94. The summed E-state index contributed by atoms with van der Waals surface area (Å²) in [5.41, 5.74) is 10.1. The molecule has 1 aliphatic heterocycles. The summed E-state index contributed by atoms with van der Waals surface area (Å²) in [6, 6.07) is 15.8. The Balaban J connectivity index is 0.000000141. The fourth-order valence-corrected chi connectivity index (χ4v) is 1.86. The topological polar surface area (TPSA) is 68.9 Å². The Morgan fingerprint density at radius 1 is 0.900 bits per heavy atom. The minimum absolute atomic E-state index is 0. The van der Waals surface area contributed by atoms with Gasteiger partial charge in [0.05, 0.1) is 11.4 Å². The predicted molar refractivity (Wildman–Crippen MR) is 81.2 cm³/mol. The van der Waals surface area contributed by atoms with Crippen LogP contribution in [0.25, 0.3) is 11.0 Å². The number of hydrogen-bond donors (Lipinski definition) is 3. The summed E-state index contributed by atoms with van der Waals surface area (Å²) < 4.78 is 0. The van der Waals surface area contributed by atoms with Crippen molar-refractivity contribution in [1.82, 2.24) is 20.9 Å². The molecule has 3 N–H and O–H groups in total. The van der Waals surface area contributed by atoms with E-state index in [0.717, 1.165) is 16.7 Å². The van der Waals surface area contributed by atoms with Crippen LogP contribution in [0.5, 0.6) is 0 Å². The van der Waals surface area contributed by atoms with Crippen LogP contribution in [0.1, 0.15) is 0 Å². The molecule has 7 heteroatoms. The molecule has 0 saturated heterocycles. The molecule has 1 aliphatic rings. The Hall–Kier alpha value is -1.60. The third-order valence-electron chi connectivity index (χ3n) is 2.85. The number of aromatic amines is 1. The van der Waals surface area contributed by atoms with E-state index in [0.29, 0.717) is 0 Å². The van der Waals surface area contributed by atoms with Crippen molar-refractivity contribution in [3.8, 4) is 0 Å². The van der Waals surface area contributed by atoms with Gasteiger partial charge >= 0.3 is 0 Å². The molecule has 1 aromatic heterocycles. The number of benzene rings is 2. The van der Waals surface area contributed by atoms with Gasteiger partial charge in [0.15, 0.2) is 0 Å². The maximum absolute atomic E-state index is 3.88. The van der Waals surface area contributed by atoms with Gasteiger partial charge < -0.3 is 5.43 Å². The zero-order valence-corrected chi connectivity index (χ0v) is 13.5. The van der Waals surface area contributed by atoms with Gasteiger partial charge in [0.1, 0.15) is 11.0 Å². The van der Waals surface area contributed by atoms with Crippen molar-refractivity contribution in [3.63, 3.8) is 0 Å². The van der Waals surface area contributed by atoms with Crippen LogP contribution >= 0.6 is 0 Å². The van der Waals surface area contributed by atoms with Crippen molar-refractivity contribution < 1.29 is 0 Å². The van der Waals surface area contributed by atoms with E-state index in [1.54, 1.807) is 0 Å². The van der Waals surface area contributed by atoms with E-state index in [1.165, 1.54) is 5.69 Å². The third kappa shape index (κ3) is 3.10. The minimum Gasteiger partial charge on any atom is -0.302 e. The molecule has 0 bridgehead atoms. The summed E-state index contributed by atoms with van der Waals surface area (Å²) in [5, 5.41) is 12.2. The summed E-state index contributed by atoms with van der Waals surface area (Å²) in [6.07, 6.45) is 0. The molecule has 0 aliphatic carbocycles. The van der Waals surface area contributed by atoms with E-state index in [-0.39, 0.29) is 29.6 Å². The van der Waals surface area contributed by atoms with Crippen LogP contribution in [0.4, 0.5) is 11.4 Å². The summed E-state index contributed by atoms with van der Waals surface area (Å²) in [7, 11) is 1.97. The molecule has 2 heterocycles. The Labute approximate surface area is 138 Å². The first-order chi connectivity index (χ1) is 9.34. The van der Waals surface area contributed by atoms with E-state index < -0.39 is 0 Å². The van der Waals surface area contributed by atoms with Crippen LogP contribution in [0, 0.1) is 0 Å². The van der Waals surface area contributed by atoms with Crippen LogP contribution in [0.2, 0.25) is 0 Å². The Kier molecular flexibility index (Phi) is 4.97. The second kappa shape index (κ2) is 6.71. The number of anilines is 2. The van der Waals surface area contributed by atoms with Gasteiger partial charge in [0, 0.05) is 36.6 Å². The SMILES string of the molecule is CN1NNc2ccccc21.[Na].c1ccc2n[nH]nc2c1. The Morgan fingerprint density at radius 2 is 1.50 bits per heavy atom. The van der Waals surface area contributed by atoms with E-state index in [9.17, 15) is 0 Å². The molecule has 1 radical (unpaired) electrons. The van der Waals surface area contributed by atoms with Crippen molar-refractivity contribution in [2.45, 2.75) is 0 Å². The summed E-state index contributed by atoms with van der Waals surface area (Å²) in [6.45, 7) is 0. The maximum atomic E-state index is 3.88. The zero-order chi connectivity index (χ0) is 13.1. The second-order valence-corrected chi connectivity index (χ2v) is 4.13. The number of para-hydroxylation sites is 4. The van der Waals surface area contributed by atoms with Gasteiger partial charge in [0.2, 0.25) is 0 Å². The Morgan fingerprint density at radius 3 is 2.15 bits per heavy atom. The molecule has 2 aromatic carbocycles. The van der Waals surface area contributed by atoms with E-state index >= 15 is 0 Å². The first-order valence-corrected chi connectivity index (χ1v) is 5.94. The molecule has 0 unspecified atom stereocenters. The molecule has 0 fully saturated rings. The molecular formula is C13H14N6Na. The number of hydrogen-bond acceptors (Lipinski definition) is 5. The minimum atomic E-state index is 0. The van der Waals surface area contributed by atoms with E-state index in [1.807, 2.05) is 54.5 Å². The molecule has 4 rings (SSSR count). The van der Waals surface area contributed by atoms with Crippen LogP contribution in [0.3, 0.4) is 0 Å². The number of rotatable bonds is 0. The number of aromatic nitrogens is 3. The quantitative estimate of drug-likeness (QED) is 0.544. The zero-order valence-electron chi connectivity index (χ0n) is 11.5. The summed E-state index contributed by atoms with van der Waals surface area (Å²) >= 11 is 0. The monoisotopic (exact) mass is 277 g/mol. The van der Waals surface area contributed by atoms with Crippen LogP contribution in [-0.4, -0.2) is 52.0 Å². The number of hydrazine groups is 2. The van der Waals surface area contributed by atoms with Crippen LogP contribution in [0.15, 0.2) is 48.5 Å². The summed E-state index contributed by atoms with van der Waals surface area (Å²) in [4.78, 5) is 0. The van der Waals surface area contributed by atoms with Gasteiger partial charge in [-0.25, -0.2) is 0 Å². The van der Waals surface area contributed by atoms with Crippen LogP contribution < -0.4 is 16.0 Å². The average molecular weight is 277 g/mol. The molecule has 3 aromatic rings. The second-order valence-electron chi connectivity index (χ2n) is 4.13. The molecule has 0 spiro atoms. The van der Waals surface area contributed by atoms with Crippen LogP contribution in [-0.2, 0) is 0 Å². The van der Waals surface area contributed by atoms with Crippen molar-refractivity contribution in [2.24, 2.45) is 0 Å². The van der Waals surface area contributed by atoms with Crippen molar-refractivity contribution in [3.05, 3.63) is 48.5 Å². The van der Waals surface area contributed by atoms with Gasteiger partial charge in [-0.2, -0.15) is 15.4 Å². The van der Waals surface area contributed by atoms with Crippen molar-refractivity contribution in [1.29, 1.82) is 0 Å². The maximum Gasteiger partial charge on any atom is 0.112 e.